The number of para-hydroxylation sites is 1. The fourth-order valence-electron chi connectivity index (χ4n) is 3.57. The average Bonchev–Trinajstić information content (AvgIpc) is 3.37. The molecule has 1 saturated heterocycles. The van der Waals surface area contributed by atoms with Crippen molar-refractivity contribution in [3.8, 4) is 5.75 Å². The molecule has 27 heavy (non-hydrogen) atoms. The summed E-state index contributed by atoms with van der Waals surface area (Å²) in [5.41, 5.74) is 1.55. The van der Waals surface area contributed by atoms with Gasteiger partial charge in [0.1, 0.15) is 5.75 Å². The fraction of sp³-hybridized carbons (Fsp3) is 0.350. The number of nitrogens with one attached hydrogen (secondary N) is 1. The Labute approximate surface area is 159 Å². The molecule has 1 unspecified atom stereocenters. The summed E-state index contributed by atoms with van der Waals surface area (Å²) in [4.78, 5) is 12.7. The summed E-state index contributed by atoms with van der Waals surface area (Å²) in [6.07, 6.45) is 1.79. The smallest absolute Gasteiger partial charge is 0.251 e. The average molecular weight is 386 g/mol. The summed E-state index contributed by atoms with van der Waals surface area (Å²) in [6.45, 7) is 2.15. The van der Waals surface area contributed by atoms with Gasteiger partial charge in [0, 0.05) is 36.7 Å². The molecule has 2 aromatic carbocycles. The summed E-state index contributed by atoms with van der Waals surface area (Å²) in [6, 6.07) is 14.0. The van der Waals surface area contributed by atoms with Crippen molar-refractivity contribution in [2.24, 2.45) is 0 Å². The Bertz CT molecular complexity index is 935. The number of benzene rings is 2. The normalized spacial score (nSPS) is 19.5. The number of rotatable bonds is 5. The number of carbonyl (C=O) groups is 1. The number of hydrogen-bond donors (Lipinski definition) is 1. The molecule has 2 heterocycles. The molecule has 0 aliphatic carbocycles. The van der Waals surface area contributed by atoms with E-state index in [0.29, 0.717) is 31.8 Å². The fourth-order valence-corrected chi connectivity index (χ4v) is 5.09. The Hall–Kier alpha value is -2.38. The lowest BCUT2D eigenvalue weighted by atomic mass is 10.0. The van der Waals surface area contributed by atoms with Gasteiger partial charge in [0.15, 0.2) is 0 Å². The molecule has 142 valence electrons. The van der Waals surface area contributed by atoms with Gasteiger partial charge in [-0.25, -0.2) is 8.42 Å². The predicted octanol–water partition coefficient (Wildman–Crippen LogP) is 2.38. The van der Waals surface area contributed by atoms with Gasteiger partial charge < -0.3 is 10.1 Å². The third kappa shape index (κ3) is 3.57. The van der Waals surface area contributed by atoms with Crippen LogP contribution in [-0.2, 0) is 10.0 Å². The highest BCUT2D eigenvalue weighted by atomic mass is 32.2. The van der Waals surface area contributed by atoms with Crippen LogP contribution in [0.1, 0.15) is 34.7 Å². The molecule has 6 nitrogen and oxygen atoms in total. The maximum atomic E-state index is 12.5. The van der Waals surface area contributed by atoms with Crippen LogP contribution in [0.3, 0.4) is 0 Å². The molecule has 0 spiro atoms. The minimum absolute atomic E-state index is 0.125. The van der Waals surface area contributed by atoms with Crippen molar-refractivity contribution in [3.63, 3.8) is 0 Å². The molecule has 2 aliphatic rings. The van der Waals surface area contributed by atoms with Crippen molar-refractivity contribution in [3.05, 3.63) is 59.7 Å². The van der Waals surface area contributed by atoms with E-state index in [4.69, 9.17) is 4.74 Å². The molecule has 1 atom stereocenters. The van der Waals surface area contributed by atoms with Crippen molar-refractivity contribution >= 4 is 15.9 Å². The maximum absolute atomic E-state index is 12.5. The minimum Gasteiger partial charge on any atom is -0.493 e. The highest BCUT2D eigenvalue weighted by Gasteiger charge is 2.27. The first-order valence-electron chi connectivity index (χ1n) is 9.16. The van der Waals surface area contributed by atoms with Crippen LogP contribution in [0.2, 0.25) is 0 Å². The zero-order chi connectivity index (χ0) is 18.9. The van der Waals surface area contributed by atoms with Crippen LogP contribution in [-0.4, -0.2) is 44.9 Å². The molecule has 4 rings (SSSR count). The number of sulfonamides is 1. The SMILES string of the molecule is O=C(NCC1COc2ccccc21)c1ccc(S(=O)(=O)N2CCCC2)cc1. The third-order valence-corrected chi connectivity index (χ3v) is 7.04. The summed E-state index contributed by atoms with van der Waals surface area (Å²) < 4.78 is 32.2. The van der Waals surface area contributed by atoms with Crippen LogP contribution >= 0.6 is 0 Å². The van der Waals surface area contributed by atoms with Crippen molar-refractivity contribution in [1.82, 2.24) is 9.62 Å². The van der Waals surface area contributed by atoms with Crippen LogP contribution in [0.4, 0.5) is 0 Å². The van der Waals surface area contributed by atoms with E-state index in [9.17, 15) is 13.2 Å². The van der Waals surface area contributed by atoms with E-state index in [1.165, 1.54) is 16.4 Å². The second kappa shape index (κ2) is 7.32. The Balaban J connectivity index is 1.40. The molecule has 2 aliphatic heterocycles. The lowest BCUT2D eigenvalue weighted by Gasteiger charge is -2.15. The Kier molecular flexibility index (Phi) is 4.88. The van der Waals surface area contributed by atoms with E-state index in [-0.39, 0.29) is 16.7 Å². The van der Waals surface area contributed by atoms with Crippen LogP contribution in [0.25, 0.3) is 0 Å². The quantitative estimate of drug-likeness (QED) is 0.856. The molecule has 0 aromatic heterocycles. The first-order chi connectivity index (χ1) is 13.1. The molecule has 1 amide bonds. The molecule has 7 heteroatoms. The van der Waals surface area contributed by atoms with Crippen molar-refractivity contribution < 1.29 is 17.9 Å². The van der Waals surface area contributed by atoms with Crippen molar-refractivity contribution in [2.45, 2.75) is 23.7 Å². The Morgan fingerprint density at radius 1 is 1.07 bits per heavy atom. The number of ether oxygens (including phenoxy) is 1. The highest BCUT2D eigenvalue weighted by Crippen LogP contribution is 2.32. The summed E-state index contributed by atoms with van der Waals surface area (Å²) in [5.74, 6) is 0.776. The second-order valence-corrected chi connectivity index (χ2v) is 8.83. The van der Waals surface area contributed by atoms with E-state index >= 15 is 0 Å². The molecule has 1 N–H and O–H groups in total. The summed E-state index contributed by atoms with van der Waals surface area (Å²) in [5, 5.41) is 2.92. The molecule has 0 radical (unpaired) electrons. The first kappa shape index (κ1) is 18.0. The largest absolute Gasteiger partial charge is 0.493 e. The zero-order valence-electron chi connectivity index (χ0n) is 14.9. The summed E-state index contributed by atoms with van der Waals surface area (Å²) >= 11 is 0. The molecule has 0 bridgehead atoms. The van der Waals surface area contributed by atoms with Gasteiger partial charge >= 0.3 is 0 Å². The van der Waals surface area contributed by atoms with E-state index < -0.39 is 10.0 Å². The van der Waals surface area contributed by atoms with Gasteiger partial charge in [0.2, 0.25) is 10.0 Å². The molecular weight excluding hydrogens is 364 g/mol. The van der Waals surface area contributed by atoms with Crippen LogP contribution in [0.15, 0.2) is 53.4 Å². The van der Waals surface area contributed by atoms with Crippen molar-refractivity contribution in [1.29, 1.82) is 0 Å². The second-order valence-electron chi connectivity index (χ2n) is 6.89. The molecular formula is C20H22N2O4S. The maximum Gasteiger partial charge on any atom is 0.251 e. The third-order valence-electron chi connectivity index (χ3n) is 5.13. The van der Waals surface area contributed by atoms with Crippen LogP contribution in [0, 0.1) is 0 Å². The standard InChI is InChI=1S/C20H22N2O4S/c23-20(21-13-16-14-26-19-6-2-1-5-18(16)19)15-7-9-17(10-8-15)27(24,25)22-11-3-4-12-22/h1-2,5-10,16H,3-4,11-14H2,(H,21,23). The van der Waals surface area contributed by atoms with Gasteiger partial charge in [-0.3, -0.25) is 4.79 Å². The molecule has 2 aromatic rings. The van der Waals surface area contributed by atoms with Gasteiger partial charge in [-0.15, -0.1) is 0 Å². The number of carbonyl (C=O) groups excluding carboxylic acids is 1. The number of hydrogen-bond acceptors (Lipinski definition) is 4. The first-order valence-corrected chi connectivity index (χ1v) is 10.6. The molecule has 1 fully saturated rings. The van der Waals surface area contributed by atoms with Crippen LogP contribution in [0.5, 0.6) is 5.75 Å². The Morgan fingerprint density at radius 2 is 1.78 bits per heavy atom. The minimum atomic E-state index is -3.45. The van der Waals surface area contributed by atoms with Gasteiger partial charge in [-0.1, -0.05) is 18.2 Å². The van der Waals surface area contributed by atoms with Gasteiger partial charge in [0.05, 0.1) is 11.5 Å². The lowest BCUT2D eigenvalue weighted by molar-refractivity contribution is 0.0950. The number of amides is 1. The van der Waals surface area contributed by atoms with E-state index in [0.717, 1.165) is 24.2 Å². The van der Waals surface area contributed by atoms with Crippen LogP contribution < -0.4 is 10.1 Å². The topological polar surface area (TPSA) is 75.7 Å². The zero-order valence-corrected chi connectivity index (χ0v) is 15.7. The molecule has 0 saturated carbocycles. The predicted molar refractivity (Wildman–Crippen MR) is 101 cm³/mol. The number of nitrogens with zero attached hydrogens (tertiary/aromatic N) is 1. The van der Waals surface area contributed by atoms with E-state index in [1.807, 2.05) is 24.3 Å². The van der Waals surface area contributed by atoms with Gasteiger partial charge in [0.25, 0.3) is 5.91 Å². The number of fused-ring (bicyclic) bond motifs is 1. The lowest BCUT2D eigenvalue weighted by Crippen LogP contribution is -2.29. The monoisotopic (exact) mass is 386 g/mol. The van der Waals surface area contributed by atoms with Gasteiger partial charge in [-0.2, -0.15) is 4.31 Å². The summed E-state index contributed by atoms with van der Waals surface area (Å²) in [7, 11) is -3.45. The van der Waals surface area contributed by atoms with E-state index in [1.54, 1.807) is 12.1 Å². The van der Waals surface area contributed by atoms with E-state index in [2.05, 4.69) is 5.32 Å². The van der Waals surface area contributed by atoms with Crippen molar-refractivity contribution in [2.75, 3.05) is 26.2 Å². The Morgan fingerprint density at radius 3 is 2.52 bits per heavy atom. The van der Waals surface area contributed by atoms with Gasteiger partial charge in [-0.05, 0) is 43.2 Å². The highest BCUT2D eigenvalue weighted by molar-refractivity contribution is 7.89.